The standard InChI is InChI=1S/C18H16N6OS/c1-10-4-6-13(7-5-10)14-12(3)26-18(20-14)22-16(25)15-21-17-19-9-8-11(2)24(17)23-15/h4-9H,1-3H3,(H,20,22,25). The number of hydrogen-bond acceptors (Lipinski definition) is 6. The first kappa shape index (κ1) is 16.3. The number of aromatic nitrogens is 5. The van der Waals surface area contributed by atoms with Gasteiger partial charge in [-0.25, -0.2) is 14.5 Å². The molecule has 0 saturated carbocycles. The zero-order chi connectivity index (χ0) is 18.3. The molecule has 1 amide bonds. The summed E-state index contributed by atoms with van der Waals surface area (Å²) in [6.07, 6.45) is 1.64. The van der Waals surface area contributed by atoms with Crippen LogP contribution in [0, 0.1) is 20.8 Å². The number of carbonyl (C=O) groups excluding carboxylic acids is 1. The number of hydrogen-bond donors (Lipinski definition) is 1. The van der Waals surface area contributed by atoms with Crippen molar-refractivity contribution in [3.05, 3.63) is 58.5 Å². The second-order valence-corrected chi connectivity index (χ2v) is 7.18. The number of fused-ring (bicyclic) bond motifs is 1. The molecular formula is C18H16N6OS. The van der Waals surface area contributed by atoms with Gasteiger partial charge >= 0.3 is 0 Å². The molecule has 130 valence electrons. The SMILES string of the molecule is Cc1ccc(-c2nc(NC(=O)c3nc4nccc(C)n4n3)sc2C)cc1. The first-order chi connectivity index (χ1) is 12.5. The Morgan fingerprint density at radius 2 is 1.85 bits per heavy atom. The molecule has 0 aliphatic carbocycles. The molecule has 4 rings (SSSR count). The summed E-state index contributed by atoms with van der Waals surface area (Å²) in [5.74, 6) is 0.0569. The molecule has 0 radical (unpaired) electrons. The van der Waals surface area contributed by atoms with E-state index in [2.05, 4.69) is 25.4 Å². The predicted molar refractivity (Wildman–Crippen MR) is 100 cm³/mol. The van der Waals surface area contributed by atoms with E-state index in [1.54, 1.807) is 16.8 Å². The molecule has 1 aromatic carbocycles. The normalized spacial score (nSPS) is 11.0. The minimum absolute atomic E-state index is 0.0662. The topological polar surface area (TPSA) is 85.1 Å². The third-order valence-corrected chi connectivity index (χ3v) is 4.86. The number of rotatable bonds is 3. The van der Waals surface area contributed by atoms with Crippen LogP contribution in [-0.2, 0) is 0 Å². The van der Waals surface area contributed by atoms with Crippen LogP contribution >= 0.6 is 11.3 Å². The maximum Gasteiger partial charge on any atom is 0.297 e. The average molecular weight is 364 g/mol. The van der Waals surface area contributed by atoms with E-state index in [4.69, 9.17) is 0 Å². The van der Waals surface area contributed by atoms with Crippen molar-refractivity contribution >= 4 is 28.2 Å². The maximum absolute atomic E-state index is 12.5. The molecule has 8 heteroatoms. The van der Waals surface area contributed by atoms with Crippen LogP contribution in [0.5, 0.6) is 0 Å². The Labute approximate surface area is 153 Å². The van der Waals surface area contributed by atoms with Crippen molar-refractivity contribution in [1.82, 2.24) is 24.6 Å². The van der Waals surface area contributed by atoms with Crippen molar-refractivity contribution in [2.75, 3.05) is 5.32 Å². The Morgan fingerprint density at radius 3 is 2.58 bits per heavy atom. The number of carbonyl (C=O) groups is 1. The van der Waals surface area contributed by atoms with E-state index >= 15 is 0 Å². The smallest absolute Gasteiger partial charge is 0.295 e. The molecule has 0 aliphatic rings. The zero-order valence-electron chi connectivity index (χ0n) is 14.5. The van der Waals surface area contributed by atoms with Crippen LogP contribution in [-0.4, -0.2) is 30.5 Å². The third-order valence-electron chi connectivity index (χ3n) is 3.98. The fraction of sp³-hybridized carbons (Fsp3) is 0.167. The predicted octanol–water partition coefficient (Wildman–Crippen LogP) is 3.43. The van der Waals surface area contributed by atoms with Gasteiger partial charge in [-0.1, -0.05) is 29.8 Å². The van der Waals surface area contributed by atoms with Gasteiger partial charge < -0.3 is 0 Å². The van der Waals surface area contributed by atoms with E-state index in [9.17, 15) is 4.79 Å². The number of thiazole rings is 1. The van der Waals surface area contributed by atoms with Gasteiger partial charge in [0.25, 0.3) is 11.7 Å². The van der Waals surface area contributed by atoms with Crippen LogP contribution in [0.3, 0.4) is 0 Å². The first-order valence-corrected chi connectivity index (χ1v) is 8.87. The molecule has 7 nitrogen and oxygen atoms in total. The second kappa shape index (κ2) is 6.30. The van der Waals surface area contributed by atoms with Crippen molar-refractivity contribution in [3.63, 3.8) is 0 Å². The lowest BCUT2D eigenvalue weighted by Crippen LogP contribution is -2.13. The lowest BCUT2D eigenvalue weighted by molar-refractivity contribution is 0.101. The summed E-state index contributed by atoms with van der Waals surface area (Å²) < 4.78 is 1.54. The highest BCUT2D eigenvalue weighted by Gasteiger charge is 2.17. The van der Waals surface area contributed by atoms with Gasteiger partial charge in [-0.3, -0.25) is 10.1 Å². The van der Waals surface area contributed by atoms with Gasteiger partial charge in [0, 0.05) is 22.3 Å². The van der Waals surface area contributed by atoms with Gasteiger partial charge in [0.05, 0.1) is 5.69 Å². The van der Waals surface area contributed by atoms with Gasteiger partial charge in [0.1, 0.15) is 0 Å². The maximum atomic E-state index is 12.5. The molecule has 0 atom stereocenters. The Morgan fingerprint density at radius 1 is 1.08 bits per heavy atom. The lowest BCUT2D eigenvalue weighted by Gasteiger charge is -1.99. The fourth-order valence-electron chi connectivity index (χ4n) is 2.58. The first-order valence-electron chi connectivity index (χ1n) is 8.05. The average Bonchev–Trinajstić information content (AvgIpc) is 3.20. The van der Waals surface area contributed by atoms with Crippen LogP contribution in [0.15, 0.2) is 36.5 Å². The van der Waals surface area contributed by atoms with Gasteiger partial charge in [-0.15, -0.1) is 16.4 Å². The van der Waals surface area contributed by atoms with E-state index < -0.39 is 5.91 Å². The van der Waals surface area contributed by atoms with Crippen molar-refractivity contribution in [2.24, 2.45) is 0 Å². The highest BCUT2D eigenvalue weighted by molar-refractivity contribution is 7.16. The number of amides is 1. The van der Waals surface area contributed by atoms with E-state index in [1.807, 2.05) is 45.0 Å². The number of nitrogens with one attached hydrogen (secondary N) is 1. The summed E-state index contributed by atoms with van der Waals surface area (Å²) in [7, 11) is 0. The number of aryl methyl sites for hydroxylation is 3. The minimum atomic E-state index is -0.404. The van der Waals surface area contributed by atoms with Gasteiger partial charge in [0.15, 0.2) is 5.13 Å². The van der Waals surface area contributed by atoms with E-state index in [0.717, 1.165) is 21.8 Å². The zero-order valence-corrected chi connectivity index (χ0v) is 15.3. The number of anilines is 1. The van der Waals surface area contributed by atoms with Crippen molar-refractivity contribution in [1.29, 1.82) is 0 Å². The number of nitrogens with zero attached hydrogens (tertiary/aromatic N) is 5. The Kier molecular flexibility index (Phi) is 3.96. The van der Waals surface area contributed by atoms with Crippen LogP contribution in [0.1, 0.15) is 26.8 Å². The summed E-state index contributed by atoms with van der Waals surface area (Å²) in [5.41, 5.74) is 3.94. The molecule has 0 spiro atoms. The molecule has 0 aliphatic heterocycles. The van der Waals surface area contributed by atoms with Crippen LogP contribution in [0.2, 0.25) is 0 Å². The largest absolute Gasteiger partial charge is 0.297 e. The van der Waals surface area contributed by atoms with Crippen molar-refractivity contribution in [3.8, 4) is 11.3 Å². The van der Waals surface area contributed by atoms with E-state index in [1.165, 1.54) is 16.9 Å². The van der Waals surface area contributed by atoms with Gasteiger partial charge in [-0.05, 0) is 26.8 Å². The molecule has 26 heavy (non-hydrogen) atoms. The van der Waals surface area contributed by atoms with E-state index in [-0.39, 0.29) is 5.82 Å². The quantitative estimate of drug-likeness (QED) is 0.602. The summed E-state index contributed by atoms with van der Waals surface area (Å²) in [5, 5.41) is 7.52. The molecule has 0 bridgehead atoms. The Balaban J connectivity index is 1.60. The Bertz CT molecular complexity index is 1110. The molecule has 1 N–H and O–H groups in total. The van der Waals surface area contributed by atoms with Crippen LogP contribution < -0.4 is 5.32 Å². The highest BCUT2D eigenvalue weighted by Crippen LogP contribution is 2.30. The lowest BCUT2D eigenvalue weighted by atomic mass is 10.1. The molecule has 0 fully saturated rings. The summed E-state index contributed by atoms with van der Waals surface area (Å²) in [6.45, 7) is 5.91. The third kappa shape index (κ3) is 2.95. The highest BCUT2D eigenvalue weighted by atomic mass is 32.1. The molecule has 4 aromatic rings. The molecule has 0 unspecified atom stereocenters. The molecule has 0 saturated heterocycles. The fourth-order valence-corrected chi connectivity index (χ4v) is 3.42. The van der Waals surface area contributed by atoms with Crippen LogP contribution in [0.4, 0.5) is 5.13 Å². The molecule has 3 heterocycles. The molecule has 3 aromatic heterocycles. The monoisotopic (exact) mass is 364 g/mol. The summed E-state index contributed by atoms with van der Waals surface area (Å²) in [4.78, 5) is 26.4. The number of benzene rings is 1. The van der Waals surface area contributed by atoms with Gasteiger partial charge in [-0.2, -0.15) is 4.98 Å². The molecular weight excluding hydrogens is 348 g/mol. The van der Waals surface area contributed by atoms with E-state index in [0.29, 0.717) is 10.9 Å². The van der Waals surface area contributed by atoms with Crippen molar-refractivity contribution < 1.29 is 4.79 Å². The minimum Gasteiger partial charge on any atom is -0.295 e. The summed E-state index contributed by atoms with van der Waals surface area (Å²) >= 11 is 1.43. The van der Waals surface area contributed by atoms with Crippen LogP contribution in [0.25, 0.3) is 17.0 Å². The summed E-state index contributed by atoms with van der Waals surface area (Å²) in [6, 6.07) is 9.95. The Hall–Kier alpha value is -3.13. The van der Waals surface area contributed by atoms with Crippen molar-refractivity contribution in [2.45, 2.75) is 20.8 Å². The second-order valence-electron chi connectivity index (χ2n) is 5.98. The van der Waals surface area contributed by atoms with Gasteiger partial charge in [0.2, 0.25) is 5.82 Å².